The third kappa shape index (κ3) is 4.37. The van der Waals surface area contributed by atoms with Gasteiger partial charge in [0.2, 0.25) is 0 Å². The summed E-state index contributed by atoms with van der Waals surface area (Å²) in [6.45, 7) is 6.09. The molecule has 0 amide bonds. The van der Waals surface area contributed by atoms with Crippen LogP contribution in [0.1, 0.15) is 41.9 Å². The molecule has 1 N–H and O–H groups in total. The highest BCUT2D eigenvalue weighted by Crippen LogP contribution is 2.56. The Morgan fingerprint density at radius 1 is 1.29 bits per heavy atom. The normalized spacial score (nSPS) is 21.1. The average molecular weight is 436 g/mol. The molecule has 1 unspecified atom stereocenters. The van der Waals surface area contributed by atoms with Gasteiger partial charge in [-0.15, -0.1) is 23.7 Å². The van der Waals surface area contributed by atoms with Gasteiger partial charge >= 0.3 is 6.18 Å². The van der Waals surface area contributed by atoms with Gasteiger partial charge in [0.05, 0.1) is 6.54 Å². The first-order valence-electron chi connectivity index (χ1n) is 9.38. The fourth-order valence-electron chi connectivity index (χ4n) is 4.25. The molecule has 0 bridgehead atoms. The lowest BCUT2D eigenvalue weighted by atomic mass is 9.93. The molecule has 2 aromatic heterocycles. The molecular formula is C18H25ClF3N5S. The van der Waals surface area contributed by atoms with Crippen molar-refractivity contribution in [2.24, 2.45) is 5.41 Å². The molecule has 4 rings (SSSR count). The molecule has 1 atom stereocenters. The van der Waals surface area contributed by atoms with Gasteiger partial charge in [-0.25, -0.2) is 9.97 Å². The standard InChI is InChI=1S/C18H24F3N5S.ClH/c1-2-25-8-7-23-15(25)12-26(14-9-17(14)3-5-22-6-4-17)11-13-10-24-16(27-13)18(19,20)21;/h7-8,10,14,22H,2-6,9,11-12H2,1H3;1H. The number of alkyl halides is 3. The molecule has 0 radical (unpaired) electrons. The number of hydrogen-bond donors (Lipinski definition) is 1. The highest BCUT2D eigenvalue weighted by Gasteiger charge is 2.56. The van der Waals surface area contributed by atoms with Crippen molar-refractivity contribution in [1.82, 2.24) is 24.8 Å². The average Bonchev–Trinajstić information content (AvgIpc) is 3.02. The Morgan fingerprint density at radius 2 is 2.04 bits per heavy atom. The number of thiazole rings is 1. The number of piperidine rings is 1. The van der Waals surface area contributed by atoms with Crippen LogP contribution in [0.5, 0.6) is 0 Å². The Balaban J connectivity index is 0.00000225. The van der Waals surface area contributed by atoms with E-state index < -0.39 is 11.2 Å². The molecule has 0 aromatic carbocycles. The van der Waals surface area contributed by atoms with Gasteiger partial charge in [-0.1, -0.05) is 0 Å². The molecule has 2 fully saturated rings. The number of nitrogens with zero attached hydrogens (tertiary/aromatic N) is 4. The second-order valence-corrected chi connectivity index (χ2v) is 8.61. The van der Waals surface area contributed by atoms with Crippen LogP contribution < -0.4 is 5.32 Å². The summed E-state index contributed by atoms with van der Waals surface area (Å²) in [5.74, 6) is 0.967. The number of aromatic nitrogens is 3. The van der Waals surface area contributed by atoms with Crippen molar-refractivity contribution >= 4 is 23.7 Å². The Kier molecular flexibility index (Phi) is 6.38. The van der Waals surface area contributed by atoms with Crippen LogP contribution in [0.3, 0.4) is 0 Å². The van der Waals surface area contributed by atoms with Crippen LogP contribution in [0.2, 0.25) is 0 Å². The van der Waals surface area contributed by atoms with Gasteiger partial charge in [0, 0.05) is 42.6 Å². The van der Waals surface area contributed by atoms with Crippen LogP contribution >= 0.6 is 23.7 Å². The van der Waals surface area contributed by atoms with E-state index in [-0.39, 0.29) is 12.4 Å². The van der Waals surface area contributed by atoms with E-state index in [4.69, 9.17) is 0 Å². The molecule has 1 saturated carbocycles. The van der Waals surface area contributed by atoms with Gasteiger partial charge in [-0.05, 0) is 44.7 Å². The van der Waals surface area contributed by atoms with Crippen LogP contribution in [-0.4, -0.2) is 38.6 Å². The van der Waals surface area contributed by atoms with Crippen LogP contribution in [-0.2, 0) is 25.8 Å². The molecule has 1 aliphatic carbocycles. The lowest BCUT2D eigenvalue weighted by Gasteiger charge is -2.29. The largest absolute Gasteiger partial charge is 0.443 e. The molecule has 1 aliphatic heterocycles. The van der Waals surface area contributed by atoms with Gasteiger partial charge in [0.15, 0.2) is 5.01 Å². The maximum atomic E-state index is 12.9. The van der Waals surface area contributed by atoms with Crippen LogP contribution in [0, 0.1) is 5.41 Å². The number of hydrogen-bond acceptors (Lipinski definition) is 5. The smallest absolute Gasteiger partial charge is 0.334 e. The van der Waals surface area contributed by atoms with Crippen molar-refractivity contribution in [3.05, 3.63) is 34.3 Å². The first-order valence-corrected chi connectivity index (χ1v) is 10.2. The van der Waals surface area contributed by atoms with Gasteiger partial charge in [0.1, 0.15) is 5.82 Å². The molecular weight excluding hydrogens is 411 g/mol. The Labute approximate surface area is 172 Å². The highest BCUT2D eigenvalue weighted by atomic mass is 35.5. The number of nitrogens with one attached hydrogen (secondary N) is 1. The summed E-state index contributed by atoms with van der Waals surface area (Å²) in [5, 5.41) is 2.64. The summed E-state index contributed by atoms with van der Waals surface area (Å²) in [6, 6.07) is 0.401. The summed E-state index contributed by atoms with van der Waals surface area (Å²) in [7, 11) is 0. The minimum Gasteiger partial charge on any atom is -0.334 e. The molecule has 10 heteroatoms. The minimum atomic E-state index is -4.37. The zero-order chi connectivity index (χ0) is 19.1. The van der Waals surface area contributed by atoms with E-state index in [1.807, 2.05) is 6.20 Å². The molecule has 5 nitrogen and oxygen atoms in total. The number of aryl methyl sites for hydroxylation is 1. The molecule has 28 heavy (non-hydrogen) atoms. The van der Waals surface area contributed by atoms with E-state index >= 15 is 0 Å². The van der Waals surface area contributed by atoms with Crippen molar-refractivity contribution in [1.29, 1.82) is 0 Å². The zero-order valence-corrected chi connectivity index (χ0v) is 17.3. The summed E-state index contributed by atoms with van der Waals surface area (Å²) in [6.07, 6.45) is 4.13. The predicted octanol–water partition coefficient (Wildman–Crippen LogP) is 3.94. The maximum absolute atomic E-state index is 12.9. The summed E-state index contributed by atoms with van der Waals surface area (Å²) in [4.78, 5) is 11.0. The second-order valence-electron chi connectivity index (χ2n) is 7.50. The lowest BCUT2D eigenvalue weighted by molar-refractivity contribution is -0.137. The third-order valence-corrected chi connectivity index (χ3v) is 6.86. The van der Waals surface area contributed by atoms with Crippen molar-refractivity contribution in [3.63, 3.8) is 0 Å². The summed E-state index contributed by atoms with van der Waals surface area (Å²) < 4.78 is 40.8. The molecule has 1 spiro atoms. The van der Waals surface area contributed by atoms with E-state index in [2.05, 4.69) is 31.7 Å². The number of halogens is 4. The fraction of sp³-hybridized carbons (Fsp3) is 0.667. The van der Waals surface area contributed by atoms with Gasteiger partial charge < -0.3 is 9.88 Å². The molecule has 3 heterocycles. The van der Waals surface area contributed by atoms with Gasteiger partial charge in [-0.2, -0.15) is 13.2 Å². The lowest BCUT2D eigenvalue weighted by Crippen LogP contribution is -2.36. The summed E-state index contributed by atoms with van der Waals surface area (Å²) in [5.41, 5.74) is 0.312. The van der Waals surface area contributed by atoms with E-state index in [0.29, 0.717) is 29.4 Å². The second kappa shape index (κ2) is 8.30. The Hall–Kier alpha value is -1.16. The van der Waals surface area contributed by atoms with Crippen molar-refractivity contribution in [2.45, 2.75) is 58.0 Å². The van der Waals surface area contributed by atoms with Crippen LogP contribution in [0.25, 0.3) is 0 Å². The maximum Gasteiger partial charge on any atom is 0.443 e. The SMILES string of the molecule is CCn1ccnc1CN(Cc1cnc(C(F)(F)F)s1)C1CC12CCNCC2.Cl. The molecule has 156 valence electrons. The Morgan fingerprint density at radius 3 is 2.68 bits per heavy atom. The monoisotopic (exact) mass is 435 g/mol. The van der Waals surface area contributed by atoms with Gasteiger partial charge in [-0.3, -0.25) is 4.90 Å². The first kappa shape index (κ1) is 21.5. The topological polar surface area (TPSA) is 46.0 Å². The van der Waals surface area contributed by atoms with E-state index in [1.165, 1.54) is 6.20 Å². The highest BCUT2D eigenvalue weighted by molar-refractivity contribution is 7.11. The van der Waals surface area contributed by atoms with Crippen molar-refractivity contribution < 1.29 is 13.2 Å². The predicted molar refractivity (Wildman–Crippen MR) is 104 cm³/mol. The van der Waals surface area contributed by atoms with Crippen LogP contribution in [0.4, 0.5) is 13.2 Å². The molecule has 2 aromatic rings. The van der Waals surface area contributed by atoms with Crippen molar-refractivity contribution in [3.8, 4) is 0 Å². The third-order valence-electron chi connectivity index (χ3n) is 5.83. The van der Waals surface area contributed by atoms with Crippen molar-refractivity contribution in [2.75, 3.05) is 13.1 Å². The fourth-order valence-corrected chi connectivity index (χ4v) is 5.06. The first-order chi connectivity index (χ1) is 12.9. The zero-order valence-electron chi connectivity index (χ0n) is 15.7. The quantitative estimate of drug-likeness (QED) is 0.746. The minimum absolute atomic E-state index is 0. The van der Waals surface area contributed by atoms with E-state index in [1.54, 1.807) is 6.20 Å². The molecule has 1 saturated heterocycles. The van der Waals surface area contributed by atoms with E-state index in [9.17, 15) is 13.2 Å². The number of rotatable bonds is 6. The number of imidazole rings is 1. The Bertz CT molecular complexity index is 784. The summed E-state index contributed by atoms with van der Waals surface area (Å²) >= 11 is 0.754. The van der Waals surface area contributed by atoms with E-state index in [0.717, 1.165) is 56.1 Å². The van der Waals surface area contributed by atoms with Crippen LogP contribution in [0.15, 0.2) is 18.6 Å². The van der Waals surface area contributed by atoms with Gasteiger partial charge in [0.25, 0.3) is 0 Å². The molecule has 2 aliphatic rings.